The Morgan fingerprint density at radius 1 is 1.01 bits per heavy atom. The number of methoxy groups -OCH3 is 1. The number of aromatic nitrogens is 1. The van der Waals surface area contributed by atoms with Crippen molar-refractivity contribution in [1.29, 1.82) is 0 Å². The summed E-state index contributed by atoms with van der Waals surface area (Å²) < 4.78 is 63.6. The molecule has 0 bridgehead atoms. The highest BCUT2D eigenvalue weighted by Crippen LogP contribution is 2.57. The molecule has 5 amide bonds. The van der Waals surface area contributed by atoms with Gasteiger partial charge in [-0.1, -0.05) is 56.3 Å². The fraction of sp³-hybridized carbons (Fsp3) is 0.412. The lowest BCUT2D eigenvalue weighted by atomic mass is 9.63. The number of alkyl halides is 3. The highest BCUT2D eigenvalue weighted by Gasteiger charge is 2.62. The van der Waals surface area contributed by atoms with Crippen molar-refractivity contribution in [3.63, 3.8) is 0 Å². The highest BCUT2D eigenvalue weighted by atomic mass is 35.5. The molecule has 0 aliphatic carbocycles. The van der Waals surface area contributed by atoms with Gasteiger partial charge < -0.3 is 30.5 Å². The number of imide groups is 1. The molecule has 0 saturated carbocycles. The van der Waals surface area contributed by atoms with Crippen LogP contribution in [0.15, 0.2) is 66.9 Å². The minimum atomic E-state index is -4.71. The third-order valence-corrected chi connectivity index (χ3v) is 14.3. The van der Waals surface area contributed by atoms with Crippen molar-refractivity contribution in [2.75, 3.05) is 37.4 Å². The smallest absolute Gasteiger partial charge is 0.433 e. The van der Waals surface area contributed by atoms with Crippen molar-refractivity contribution in [2.24, 2.45) is 11.3 Å². The van der Waals surface area contributed by atoms with E-state index in [-0.39, 0.29) is 82.7 Å². The number of carbonyl (C=O) groups is 5. The van der Waals surface area contributed by atoms with Crippen molar-refractivity contribution < 1.29 is 46.3 Å². The van der Waals surface area contributed by atoms with Crippen LogP contribution in [0.5, 0.6) is 5.75 Å². The normalized spacial score (nSPS) is 23.5. The molecular weight excluding hydrogens is 918 g/mol. The summed E-state index contributed by atoms with van der Waals surface area (Å²) in [6, 6.07) is 13.1. The van der Waals surface area contributed by atoms with Crippen LogP contribution < -0.4 is 26.0 Å². The summed E-state index contributed by atoms with van der Waals surface area (Å²) in [5.41, 5.74) is 0.735. The number of likely N-dealkylation sites (tertiary alicyclic amines) is 1. The van der Waals surface area contributed by atoms with E-state index in [1.807, 2.05) is 26.8 Å². The SMILES string of the molecule is COc1cc(C(=O)N2CCC(C#Cc3ccc4c(c3)CN(C3CCC(=O)NC3=O)C4=O)CC2)ccc1NC(=O)[C@@H]1N[C@@H](CC(C)(C)C)[C@@]2(CNc3cc(C(F)(F)F)ncc32)[C@H]1c1cccc(Cl)c1F. The molecule has 3 aromatic carbocycles. The Labute approximate surface area is 401 Å². The maximum absolute atomic E-state index is 16.3. The molecule has 1 aromatic heterocycles. The molecule has 6 heterocycles. The van der Waals surface area contributed by atoms with Gasteiger partial charge in [-0.2, -0.15) is 13.2 Å². The first-order chi connectivity index (χ1) is 32.7. The number of anilines is 2. The summed E-state index contributed by atoms with van der Waals surface area (Å²) in [7, 11) is 1.41. The standard InChI is InChI=1S/C51H50ClF4N7O6/c1-49(2,3)23-40-50(26-58-36-22-39(51(54,55)56)57-24-33(36)50)42(32-6-5-7-34(52)43(32)53)44(60-40)46(66)59-35-13-11-29(21-38(35)69-4)47(67)62-18-16-27(17-19-62)8-9-28-10-12-31-30(20-28)25-63(48(31)68)37-14-15-41(64)61-45(37)65/h5-7,10-13,20-22,24,27,37,40,42,44,58,60H,14-19,23,25-26H2,1-4H3,(H,59,66)(H,61,64,65)/t37?,40-,42-,44+,50-/m0/s1. The Bertz CT molecular complexity index is 2850. The molecule has 18 heteroatoms. The van der Waals surface area contributed by atoms with Gasteiger partial charge in [0.25, 0.3) is 11.8 Å². The van der Waals surface area contributed by atoms with Gasteiger partial charge in [0.1, 0.15) is 23.3 Å². The van der Waals surface area contributed by atoms with Crippen LogP contribution in [-0.2, 0) is 32.5 Å². The fourth-order valence-electron chi connectivity index (χ4n) is 10.7. The van der Waals surface area contributed by atoms with Gasteiger partial charge in [-0.3, -0.25) is 34.3 Å². The van der Waals surface area contributed by atoms with Gasteiger partial charge >= 0.3 is 6.18 Å². The average molecular weight is 968 g/mol. The molecule has 5 aliphatic heterocycles. The topological polar surface area (TPSA) is 162 Å². The first-order valence-electron chi connectivity index (χ1n) is 22.8. The third-order valence-electron chi connectivity index (χ3n) is 14.0. The predicted octanol–water partition coefficient (Wildman–Crippen LogP) is 7.43. The lowest BCUT2D eigenvalue weighted by Crippen LogP contribution is -2.52. The van der Waals surface area contributed by atoms with E-state index < -0.39 is 59.0 Å². The van der Waals surface area contributed by atoms with E-state index in [1.165, 1.54) is 24.3 Å². The molecule has 69 heavy (non-hydrogen) atoms. The largest absolute Gasteiger partial charge is 0.495 e. The number of nitrogens with one attached hydrogen (secondary N) is 4. The van der Waals surface area contributed by atoms with E-state index >= 15 is 4.39 Å². The number of ether oxygens (including phenoxy) is 1. The molecule has 5 atom stereocenters. The summed E-state index contributed by atoms with van der Waals surface area (Å²) in [4.78, 5) is 72.9. The molecule has 4 aromatic rings. The summed E-state index contributed by atoms with van der Waals surface area (Å²) in [6.45, 7) is 7.24. The van der Waals surface area contributed by atoms with Gasteiger partial charge in [-0.15, -0.1) is 0 Å². The first-order valence-corrected chi connectivity index (χ1v) is 23.2. The van der Waals surface area contributed by atoms with Crippen molar-refractivity contribution in [3.05, 3.63) is 117 Å². The third kappa shape index (κ3) is 9.00. The maximum Gasteiger partial charge on any atom is 0.433 e. The van der Waals surface area contributed by atoms with Gasteiger partial charge in [-0.25, -0.2) is 4.39 Å². The summed E-state index contributed by atoms with van der Waals surface area (Å²) >= 11 is 6.36. The van der Waals surface area contributed by atoms with Crippen molar-refractivity contribution in [1.82, 2.24) is 25.4 Å². The second-order valence-corrected chi connectivity index (χ2v) is 20.0. The quantitative estimate of drug-likeness (QED) is 0.0839. The molecule has 9 rings (SSSR count). The van der Waals surface area contributed by atoms with Gasteiger partial charge in [0, 0.05) is 90.0 Å². The minimum Gasteiger partial charge on any atom is -0.495 e. The second-order valence-electron chi connectivity index (χ2n) is 19.6. The minimum absolute atomic E-state index is 0.00805. The van der Waals surface area contributed by atoms with Gasteiger partial charge in [0.05, 0.1) is 23.9 Å². The Hall–Kier alpha value is -6.51. The number of benzene rings is 3. The Morgan fingerprint density at radius 3 is 2.49 bits per heavy atom. The van der Waals surface area contributed by atoms with E-state index in [9.17, 15) is 37.1 Å². The highest BCUT2D eigenvalue weighted by molar-refractivity contribution is 6.30. The Morgan fingerprint density at radius 2 is 1.78 bits per heavy atom. The zero-order chi connectivity index (χ0) is 49.2. The number of piperidine rings is 2. The van der Waals surface area contributed by atoms with Gasteiger partial charge in [0.15, 0.2) is 0 Å². The van der Waals surface area contributed by atoms with Crippen LogP contribution in [0.4, 0.5) is 28.9 Å². The number of pyridine rings is 1. The van der Waals surface area contributed by atoms with Crippen LogP contribution in [0.3, 0.4) is 0 Å². The van der Waals surface area contributed by atoms with Crippen molar-refractivity contribution >= 4 is 52.5 Å². The molecule has 1 unspecified atom stereocenters. The molecule has 1 spiro atoms. The fourth-order valence-corrected chi connectivity index (χ4v) is 10.9. The molecule has 5 aliphatic rings. The lowest BCUT2D eigenvalue weighted by molar-refractivity contribution is -0.141. The van der Waals surface area contributed by atoms with Crippen LogP contribution >= 0.6 is 11.6 Å². The number of amides is 5. The number of nitrogens with zero attached hydrogens (tertiary/aromatic N) is 3. The summed E-state index contributed by atoms with van der Waals surface area (Å²) in [5.74, 6) is 3.17. The van der Waals surface area contributed by atoms with E-state index in [0.717, 1.165) is 17.2 Å². The Balaban J connectivity index is 0.901. The molecule has 360 valence electrons. The lowest BCUT2D eigenvalue weighted by Gasteiger charge is -2.39. The maximum atomic E-state index is 16.3. The van der Waals surface area contributed by atoms with Gasteiger partial charge in [-0.05, 0) is 90.8 Å². The molecule has 3 saturated heterocycles. The van der Waals surface area contributed by atoms with Crippen LogP contribution in [0.1, 0.15) is 107 Å². The number of hydrogen-bond acceptors (Lipinski definition) is 9. The van der Waals surface area contributed by atoms with Crippen LogP contribution in [-0.4, -0.2) is 89.2 Å². The van der Waals surface area contributed by atoms with E-state index in [2.05, 4.69) is 38.1 Å². The van der Waals surface area contributed by atoms with Crippen LogP contribution in [0, 0.1) is 29.0 Å². The summed E-state index contributed by atoms with van der Waals surface area (Å²) in [6.07, 6.45) is -1.37. The number of fused-ring (bicyclic) bond motifs is 3. The molecule has 3 fully saturated rings. The van der Waals surface area contributed by atoms with Crippen LogP contribution in [0.2, 0.25) is 5.02 Å². The second kappa shape index (κ2) is 18.1. The molecule has 13 nitrogen and oxygen atoms in total. The monoisotopic (exact) mass is 967 g/mol. The molecule has 4 N–H and O–H groups in total. The zero-order valence-corrected chi connectivity index (χ0v) is 39.0. The molecular formula is C51H50ClF4N7O6. The van der Waals surface area contributed by atoms with Crippen LogP contribution in [0.25, 0.3) is 0 Å². The average Bonchev–Trinajstić information content (AvgIpc) is 3.96. The number of halogens is 5. The van der Waals surface area contributed by atoms with E-state index in [1.54, 1.807) is 47.4 Å². The van der Waals surface area contributed by atoms with Crippen molar-refractivity contribution in [2.45, 2.75) is 95.1 Å². The number of carbonyl (C=O) groups excluding carboxylic acids is 5. The van der Waals surface area contributed by atoms with Crippen molar-refractivity contribution in [3.8, 4) is 17.6 Å². The summed E-state index contributed by atoms with van der Waals surface area (Å²) in [5, 5.41) is 11.7. The van der Waals surface area contributed by atoms with Gasteiger partial charge in [0.2, 0.25) is 17.7 Å². The number of rotatable bonds is 7. The number of hydrogen-bond donors (Lipinski definition) is 4. The predicted molar refractivity (Wildman–Crippen MR) is 248 cm³/mol. The molecule has 0 radical (unpaired) electrons. The Kier molecular flexibility index (Phi) is 12.5. The van der Waals surface area contributed by atoms with E-state index in [0.29, 0.717) is 49.0 Å². The first kappa shape index (κ1) is 47.6. The zero-order valence-electron chi connectivity index (χ0n) is 38.3. The van der Waals surface area contributed by atoms with E-state index in [4.69, 9.17) is 16.3 Å².